The Hall–Kier alpha value is -0.450. The van der Waals surface area contributed by atoms with E-state index in [1.54, 1.807) is 0 Å². The van der Waals surface area contributed by atoms with Crippen molar-refractivity contribution in [3.8, 4) is 0 Å². The first kappa shape index (κ1) is 12.6. The zero-order valence-electron chi connectivity index (χ0n) is 7.94. The molecule has 1 atom stereocenters. The van der Waals surface area contributed by atoms with Gasteiger partial charge in [0.1, 0.15) is 0 Å². The number of alkyl halides is 2. The van der Waals surface area contributed by atoms with Gasteiger partial charge in [-0.15, -0.1) is 0 Å². The van der Waals surface area contributed by atoms with E-state index in [-0.39, 0.29) is 11.7 Å². The molecule has 1 unspecified atom stereocenters. The number of rotatable bonds is 5. The van der Waals surface area contributed by atoms with Crippen LogP contribution in [0, 0.1) is 5.92 Å². The van der Waals surface area contributed by atoms with Crippen LogP contribution in [0.25, 0.3) is 0 Å². The van der Waals surface area contributed by atoms with Crippen LogP contribution < -0.4 is 11.1 Å². The molecule has 13 heavy (non-hydrogen) atoms. The normalized spacial score (nSPS) is 13.8. The number of thiocarbonyl (C=S) groups is 1. The van der Waals surface area contributed by atoms with Crippen LogP contribution in [0.1, 0.15) is 26.7 Å². The third kappa shape index (κ3) is 5.74. The van der Waals surface area contributed by atoms with Crippen molar-refractivity contribution in [2.75, 3.05) is 6.54 Å². The summed E-state index contributed by atoms with van der Waals surface area (Å²) in [6, 6.07) is 0. The van der Waals surface area contributed by atoms with E-state index in [2.05, 4.69) is 17.5 Å². The summed E-state index contributed by atoms with van der Waals surface area (Å²) < 4.78 is 25.8. The highest BCUT2D eigenvalue weighted by Crippen LogP contribution is 2.26. The van der Waals surface area contributed by atoms with Crippen molar-refractivity contribution in [3.63, 3.8) is 0 Å². The molecule has 0 amide bonds. The molecule has 0 aliphatic rings. The van der Waals surface area contributed by atoms with Crippen molar-refractivity contribution in [1.82, 2.24) is 5.32 Å². The minimum Gasteiger partial charge on any atom is -0.376 e. The van der Waals surface area contributed by atoms with Crippen molar-refractivity contribution in [1.29, 1.82) is 0 Å². The first-order valence-corrected chi connectivity index (χ1v) is 4.69. The Labute approximate surface area is 82.9 Å². The standard InChI is InChI=1S/C8H16F2N2S/c1-3-4-6(8(2,9)10)5-12-7(11)13/h6H,3-5H2,1-2H3,(H3,11,12,13). The lowest BCUT2D eigenvalue weighted by Crippen LogP contribution is -2.39. The van der Waals surface area contributed by atoms with Gasteiger partial charge in [-0.25, -0.2) is 8.78 Å². The third-order valence-electron chi connectivity index (χ3n) is 1.88. The molecular weight excluding hydrogens is 194 g/mol. The summed E-state index contributed by atoms with van der Waals surface area (Å²) in [7, 11) is 0. The highest BCUT2D eigenvalue weighted by molar-refractivity contribution is 7.80. The lowest BCUT2D eigenvalue weighted by molar-refractivity contribution is -0.0407. The quantitative estimate of drug-likeness (QED) is 0.681. The Morgan fingerprint density at radius 3 is 2.46 bits per heavy atom. The van der Waals surface area contributed by atoms with Gasteiger partial charge >= 0.3 is 0 Å². The molecule has 0 aromatic rings. The molecule has 0 bridgehead atoms. The number of hydrogen-bond donors (Lipinski definition) is 2. The van der Waals surface area contributed by atoms with Crippen molar-refractivity contribution in [2.45, 2.75) is 32.6 Å². The zero-order valence-corrected chi connectivity index (χ0v) is 8.76. The summed E-state index contributed by atoms with van der Waals surface area (Å²) >= 11 is 4.54. The minimum atomic E-state index is -2.67. The number of hydrogen-bond acceptors (Lipinski definition) is 1. The van der Waals surface area contributed by atoms with E-state index < -0.39 is 11.8 Å². The average molecular weight is 210 g/mol. The first-order valence-electron chi connectivity index (χ1n) is 4.29. The molecule has 78 valence electrons. The Balaban J connectivity index is 4.02. The summed E-state index contributed by atoms with van der Waals surface area (Å²) in [6.07, 6.45) is 1.20. The van der Waals surface area contributed by atoms with Crippen molar-refractivity contribution in [3.05, 3.63) is 0 Å². The van der Waals surface area contributed by atoms with Crippen molar-refractivity contribution in [2.24, 2.45) is 11.7 Å². The molecule has 0 aromatic carbocycles. The van der Waals surface area contributed by atoms with Gasteiger partial charge in [-0.1, -0.05) is 13.3 Å². The van der Waals surface area contributed by atoms with Crippen LogP contribution in [0.15, 0.2) is 0 Å². The van der Waals surface area contributed by atoms with Gasteiger partial charge in [0, 0.05) is 12.5 Å². The monoisotopic (exact) mass is 210 g/mol. The summed E-state index contributed by atoms with van der Waals surface area (Å²) in [5.74, 6) is -3.37. The van der Waals surface area contributed by atoms with Gasteiger partial charge in [-0.3, -0.25) is 0 Å². The average Bonchev–Trinajstić information content (AvgIpc) is 1.95. The topological polar surface area (TPSA) is 38.0 Å². The summed E-state index contributed by atoms with van der Waals surface area (Å²) in [6.45, 7) is 2.95. The van der Waals surface area contributed by atoms with Crippen molar-refractivity contribution < 1.29 is 8.78 Å². The second-order valence-electron chi connectivity index (χ2n) is 3.19. The van der Waals surface area contributed by atoms with E-state index in [0.717, 1.165) is 13.3 Å². The van der Waals surface area contributed by atoms with Gasteiger partial charge in [0.15, 0.2) is 5.11 Å². The maximum atomic E-state index is 12.9. The molecule has 0 aliphatic carbocycles. The lowest BCUT2D eigenvalue weighted by atomic mass is 9.97. The Bertz CT molecular complexity index is 168. The van der Waals surface area contributed by atoms with Gasteiger partial charge < -0.3 is 11.1 Å². The molecule has 0 aromatic heterocycles. The van der Waals surface area contributed by atoms with Gasteiger partial charge in [0.2, 0.25) is 5.92 Å². The SMILES string of the molecule is CCCC(CNC(N)=S)C(C)(F)F. The van der Waals surface area contributed by atoms with E-state index in [9.17, 15) is 8.78 Å². The first-order chi connectivity index (χ1) is 5.88. The van der Waals surface area contributed by atoms with Crippen LogP contribution in [-0.2, 0) is 0 Å². The summed E-state index contributed by atoms with van der Waals surface area (Å²) in [4.78, 5) is 0. The molecule has 3 N–H and O–H groups in total. The summed E-state index contributed by atoms with van der Waals surface area (Å²) in [5, 5.41) is 2.64. The van der Waals surface area contributed by atoms with Crippen LogP contribution in [0.4, 0.5) is 8.78 Å². The molecule has 0 radical (unpaired) electrons. The van der Waals surface area contributed by atoms with Gasteiger partial charge in [0.25, 0.3) is 0 Å². The lowest BCUT2D eigenvalue weighted by Gasteiger charge is -2.23. The highest BCUT2D eigenvalue weighted by Gasteiger charge is 2.32. The van der Waals surface area contributed by atoms with E-state index in [4.69, 9.17) is 5.73 Å². The molecule has 5 heteroatoms. The van der Waals surface area contributed by atoms with Crippen LogP contribution in [0.3, 0.4) is 0 Å². The molecule has 0 saturated carbocycles. The summed E-state index contributed by atoms with van der Waals surface area (Å²) in [5.41, 5.74) is 5.16. The van der Waals surface area contributed by atoms with E-state index in [0.29, 0.717) is 6.42 Å². The molecule has 0 rings (SSSR count). The molecule has 0 heterocycles. The van der Waals surface area contributed by atoms with Crippen molar-refractivity contribution >= 4 is 17.3 Å². The van der Waals surface area contributed by atoms with Crippen LogP contribution in [0.2, 0.25) is 0 Å². The van der Waals surface area contributed by atoms with Gasteiger partial charge in [-0.05, 0) is 25.6 Å². The van der Waals surface area contributed by atoms with E-state index in [1.165, 1.54) is 0 Å². The number of nitrogens with two attached hydrogens (primary N) is 1. The maximum Gasteiger partial charge on any atom is 0.249 e. The second-order valence-corrected chi connectivity index (χ2v) is 3.63. The van der Waals surface area contributed by atoms with Crippen LogP contribution in [0.5, 0.6) is 0 Å². The smallest absolute Gasteiger partial charge is 0.249 e. The Morgan fingerprint density at radius 2 is 2.15 bits per heavy atom. The molecule has 0 fully saturated rings. The molecular formula is C8H16F2N2S. The zero-order chi connectivity index (χ0) is 10.5. The Kier molecular flexibility index (Phi) is 5.13. The predicted octanol–water partition coefficient (Wildman–Crippen LogP) is 1.89. The van der Waals surface area contributed by atoms with Crippen LogP contribution in [-0.4, -0.2) is 17.6 Å². The fourth-order valence-electron chi connectivity index (χ4n) is 1.11. The predicted molar refractivity (Wildman–Crippen MR) is 53.8 cm³/mol. The fourth-order valence-corrected chi connectivity index (χ4v) is 1.19. The van der Waals surface area contributed by atoms with Crippen LogP contribution >= 0.6 is 12.2 Å². The molecule has 0 spiro atoms. The highest BCUT2D eigenvalue weighted by atomic mass is 32.1. The number of halogens is 2. The minimum absolute atomic E-state index is 0.0744. The third-order valence-corrected chi connectivity index (χ3v) is 2.02. The Morgan fingerprint density at radius 1 is 1.62 bits per heavy atom. The maximum absolute atomic E-state index is 12.9. The fraction of sp³-hybridized carbons (Fsp3) is 0.875. The van der Waals surface area contributed by atoms with E-state index in [1.807, 2.05) is 6.92 Å². The molecule has 0 saturated heterocycles. The van der Waals surface area contributed by atoms with E-state index >= 15 is 0 Å². The largest absolute Gasteiger partial charge is 0.376 e. The second kappa shape index (κ2) is 5.32. The molecule has 0 aliphatic heterocycles. The number of nitrogens with one attached hydrogen (secondary N) is 1. The molecule has 2 nitrogen and oxygen atoms in total. The van der Waals surface area contributed by atoms with Gasteiger partial charge in [-0.2, -0.15) is 0 Å². The van der Waals surface area contributed by atoms with Gasteiger partial charge in [0.05, 0.1) is 0 Å².